The lowest BCUT2D eigenvalue weighted by Gasteiger charge is -2.12. The highest BCUT2D eigenvalue weighted by Gasteiger charge is 2.11. The largest absolute Gasteiger partial charge is 0.348 e. The third kappa shape index (κ3) is 4.14. The molecule has 1 amide bonds. The van der Waals surface area contributed by atoms with Crippen molar-refractivity contribution >= 4 is 17.5 Å². The molecule has 1 unspecified atom stereocenters. The Morgan fingerprint density at radius 2 is 2.31 bits per heavy atom. The number of nitrogens with zero attached hydrogens (tertiary/aromatic N) is 2. The molecule has 4 nitrogen and oxygen atoms in total. The van der Waals surface area contributed by atoms with E-state index in [2.05, 4.69) is 22.2 Å². The Labute approximate surface area is 100 Å². The quantitative estimate of drug-likeness (QED) is 0.862. The van der Waals surface area contributed by atoms with Crippen molar-refractivity contribution in [1.29, 1.82) is 0 Å². The maximum Gasteiger partial charge on any atom is 0.271 e. The molecule has 0 bridgehead atoms. The average Bonchev–Trinajstić information content (AvgIpc) is 2.26. The van der Waals surface area contributed by atoms with Crippen molar-refractivity contribution in [3.63, 3.8) is 0 Å². The third-order valence-electron chi connectivity index (χ3n) is 2.21. The van der Waals surface area contributed by atoms with Crippen LogP contribution in [0.15, 0.2) is 12.4 Å². The minimum absolute atomic E-state index is 0.147. The van der Waals surface area contributed by atoms with E-state index in [0.29, 0.717) is 0 Å². The van der Waals surface area contributed by atoms with Gasteiger partial charge >= 0.3 is 0 Å². The molecule has 1 aromatic rings. The van der Waals surface area contributed by atoms with E-state index in [1.54, 1.807) is 0 Å². The molecular formula is C11H16ClN3O. The van der Waals surface area contributed by atoms with Gasteiger partial charge in [0.05, 0.1) is 12.4 Å². The van der Waals surface area contributed by atoms with Crippen molar-refractivity contribution in [3.8, 4) is 0 Å². The molecule has 1 rings (SSSR count). The van der Waals surface area contributed by atoms with Crippen molar-refractivity contribution < 1.29 is 4.79 Å². The Morgan fingerprint density at radius 3 is 2.94 bits per heavy atom. The summed E-state index contributed by atoms with van der Waals surface area (Å²) >= 11 is 5.66. The fourth-order valence-corrected chi connectivity index (χ4v) is 1.48. The van der Waals surface area contributed by atoms with Crippen LogP contribution in [0.3, 0.4) is 0 Å². The van der Waals surface area contributed by atoms with Crippen LogP contribution in [-0.2, 0) is 0 Å². The third-order valence-corrected chi connectivity index (χ3v) is 2.39. The zero-order valence-corrected chi connectivity index (χ0v) is 10.3. The predicted octanol–water partition coefficient (Wildman–Crippen LogP) is 2.44. The van der Waals surface area contributed by atoms with Crippen LogP contribution < -0.4 is 5.32 Å². The van der Waals surface area contributed by atoms with Crippen molar-refractivity contribution in [2.24, 2.45) is 0 Å². The first-order valence-corrected chi connectivity index (χ1v) is 5.79. The van der Waals surface area contributed by atoms with Crippen molar-refractivity contribution in [2.75, 3.05) is 0 Å². The highest BCUT2D eigenvalue weighted by Crippen LogP contribution is 2.04. The number of hydrogen-bond acceptors (Lipinski definition) is 3. The second kappa shape index (κ2) is 6.43. The lowest BCUT2D eigenvalue weighted by molar-refractivity contribution is 0.0932. The molecule has 0 aliphatic rings. The van der Waals surface area contributed by atoms with Crippen LogP contribution in [-0.4, -0.2) is 21.9 Å². The normalized spacial score (nSPS) is 12.2. The standard InChI is InChI=1S/C11H16ClN3O/c1-3-4-5-8(2)14-11(16)9-6-13-7-10(12)15-9/h6-8H,3-5H2,1-2H3,(H,14,16). The molecule has 1 N–H and O–H groups in total. The maximum atomic E-state index is 11.7. The van der Waals surface area contributed by atoms with Gasteiger partial charge in [0, 0.05) is 6.04 Å². The van der Waals surface area contributed by atoms with E-state index in [-0.39, 0.29) is 22.8 Å². The summed E-state index contributed by atoms with van der Waals surface area (Å²) in [6.07, 6.45) is 6.00. The lowest BCUT2D eigenvalue weighted by atomic mass is 10.1. The van der Waals surface area contributed by atoms with Gasteiger partial charge in [0.15, 0.2) is 0 Å². The van der Waals surface area contributed by atoms with Crippen LogP contribution in [0.1, 0.15) is 43.6 Å². The fourth-order valence-electron chi connectivity index (χ4n) is 1.33. The second-order valence-electron chi connectivity index (χ2n) is 3.74. The number of unbranched alkanes of at least 4 members (excludes halogenated alkanes) is 1. The average molecular weight is 242 g/mol. The summed E-state index contributed by atoms with van der Waals surface area (Å²) in [5.74, 6) is -0.224. The summed E-state index contributed by atoms with van der Waals surface area (Å²) in [4.78, 5) is 19.4. The fraction of sp³-hybridized carbons (Fsp3) is 0.545. The summed E-state index contributed by atoms with van der Waals surface area (Å²) in [5.41, 5.74) is 0.260. The molecule has 1 aromatic heterocycles. The number of halogens is 1. The molecule has 0 aliphatic heterocycles. The van der Waals surface area contributed by atoms with Crippen LogP contribution in [0.25, 0.3) is 0 Å². The number of carbonyl (C=O) groups excluding carboxylic acids is 1. The first-order valence-electron chi connectivity index (χ1n) is 5.42. The molecule has 16 heavy (non-hydrogen) atoms. The van der Waals surface area contributed by atoms with E-state index in [1.807, 2.05) is 6.92 Å². The van der Waals surface area contributed by atoms with E-state index in [1.165, 1.54) is 12.4 Å². The molecule has 0 radical (unpaired) electrons. The number of rotatable bonds is 5. The molecular weight excluding hydrogens is 226 g/mol. The molecule has 0 saturated heterocycles. The summed E-state index contributed by atoms with van der Waals surface area (Å²) in [6.45, 7) is 4.10. The Bertz CT molecular complexity index is 357. The van der Waals surface area contributed by atoms with Crippen molar-refractivity contribution in [2.45, 2.75) is 39.2 Å². The smallest absolute Gasteiger partial charge is 0.271 e. The topological polar surface area (TPSA) is 54.9 Å². The van der Waals surface area contributed by atoms with Crippen LogP contribution in [0.5, 0.6) is 0 Å². The molecule has 1 heterocycles. The minimum atomic E-state index is -0.224. The summed E-state index contributed by atoms with van der Waals surface area (Å²) < 4.78 is 0. The maximum absolute atomic E-state index is 11.7. The zero-order chi connectivity index (χ0) is 12.0. The number of carbonyl (C=O) groups is 1. The van der Waals surface area contributed by atoms with Gasteiger partial charge in [0.2, 0.25) is 0 Å². The molecule has 0 aromatic carbocycles. The summed E-state index contributed by atoms with van der Waals surface area (Å²) in [6, 6.07) is 0.147. The van der Waals surface area contributed by atoms with Crippen molar-refractivity contribution in [3.05, 3.63) is 23.2 Å². The van der Waals surface area contributed by atoms with Gasteiger partial charge in [0.25, 0.3) is 5.91 Å². The highest BCUT2D eigenvalue weighted by atomic mass is 35.5. The summed E-state index contributed by atoms with van der Waals surface area (Å²) in [5, 5.41) is 3.09. The van der Waals surface area contributed by atoms with Gasteiger partial charge in [-0.3, -0.25) is 9.78 Å². The molecule has 0 spiro atoms. The number of amides is 1. The SMILES string of the molecule is CCCCC(C)NC(=O)c1cncc(Cl)n1. The number of hydrogen-bond donors (Lipinski definition) is 1. The van der Waals surface area contributed by atoms with E-state index >= 15 is 0 Å². The monoisotopic (exact) mass is 241 g/mol. The van der Waals surface area contributed by atoms with Crippen LogP contribution >= 0.6 is 11.6 Å². The van der Waals surface area contributed by atoms with Crippen LogP contribution in [0, 0.1) is 0 Å². The van der Waals surface area contributed by atoms with Gasteiger partial charge in [0.1, 0.15) is 10.8 Å². The molecule has 5 heteroatoms. The van der Waals surface area contributed by atoms with Crippen molar-refractivity contribution in [1.82, 2.24) is 15.3 Å². The number of nitrogens with one attached hydrogen (secondary N) is 1. The number of aromatic nitrogens is 2. The molecule has 0 fully saturated rings. The second-order valence-corrected chi connectivity index (χ2v) is 4.13. The van der Waals surface area contributed by atoms with Gasteiger partial charge in [-0.05, 0) is 13.3 Å². The van der Waals surface area contributed by atoms with Gasteiger partial charge < -0.3 is 5.32 Å². The van der Waals surface area contributed by atoms with Gasteiger partial charge in [-0.25, -0.2) is 4.98 Å². The Morgan fingerprint density at radius 1 is 1.56 bits per heavy atom. The van der Waals surface area contributed by atoms with E-state index in [9.17, 15) is 4.79 Å². The van der Waals surface area contributed by atoms with E-state index in [4.69, 9.17) is 11.6 Å². The predicted molar refractivity (Wildman–Crippen MR) is 63.5 cm³/mol. The molecule has 0 saturated carbocycles. The first-order chi connectivity index (χ1) is 7.63. The van der Waals surface area contributed by atoms with E-state index in [0.717, 1.165) is 19.3 Å². The molecule has 1 atom stereocenters. The Hall–Kier alpha value is -1.16. The molecule has 0 aliphatic carbocycles. The minimum Gasteiger partial charge on any atom is -0.348 e. The first kappa shape index (κ1) is 12.9. The Balaban J connectivity index is 2.52. The van der Waals surface area contributed by atoms with Gasteiger partial charge in [-0.1, -0.05) is 31.4 Å². The van der Waals surface area contributed by atoms with Gasteiger partial charge in [-0.15, -0.1) is 0 Å². The Kier molecular flexibility index (Phi) is 5.19. The lowest BCUT2D eigenvalue weighted by Crippen LogP contribution is -2.33. The van der Waals surface area contributed by atoms with Crippen LogP contribution in [0.2, 0.25) is 5.15 Å². The van der Waals surface area contributed by atoms with Gasteiger partial charge in [-0.2, -0.15) is 0 Å². The summed E-state index contributed by atoms with van der Waals surface area (Å²) in [7, 11) is 0. The molecule has 88 valence electrons. The zero-order valence-electron chi connectivity index (χ0n) is 9.53. The highest BCUT2D eigenvalue weighted by molar-refractivity contribution is 6.29. The van der Waals surface area contributed by atoms with E-state index < -0.39 is 0 Å². The van der Waals surface area contributed by atoms with Crippen LogP contribution in [0.4, 0.5) is 0 Å².